The molecule has 0 bridgehead atoms. The molecule has 5 nitrogen and oxygen atoms in total. The lowest BCUT2D eigenvalue weighted by molar-refractivity contribution is -0.133. The van der Waals surface area contributed by atoms with Gasteiger partial charge in [-0.25, -0.2) is 14.4 Å². The van der Waals surface area contributed by atoms with Crippen molar-refractivity contribution in [3.63, 3.8) is 0 Å². The second-order valence-electron chi connectivity index (χ2n) is 7.38. The normalized spacial score (nSPS) is 17.9. The molecule has 0 spiro atoms. The highest BCUT2D eigenvalue weighted by molar-refractivity contribution is 7.10. The Morgan fingerprint density at radius 3 is 2.89 bits per heavy atom. The Morgan fingerprint density at radius 2 is 2.11 bits per heavy atom. The maximum atomic E-state index is 14.5. The van der Waals surface area contributed by atoms with Gasteiger partial charge in [0.25, 0.3) is 0 Å². The van der Waals surface area contributed by atoms with E-state index in [2.05, 4.69) is 21.4 Å². The molecule has 4 heterocycles. The van der Waals surface area contributed by atoms with Gasteiger partial charge in [-0.3, -0.25) is 4.79 Å². The van der Waals surface area contributed by atoms with Gasteiger partial charge in [-0.05, 0) is 48.6 Å². The molecule has 1 saturated heterocycles. The molecule has 0 aliphatic carbocycles. The van der Waals surface area contributed by atoms with E-state index >= 15 is 0 Å². The summed E-state index contributed by atoms with van der Waals surface area (Å²) in [4.78, 5) is 26.3. The quantitative estimate of drug-likeness (QED) is 0.805. The molecular weight excluding hydrogens is 363 g/mol. The summed E-state index contributed by atoms with van der Waals surface area (Å²) in [5.41, 5.74) is 1.77. The van der Waals surface area contributed by atoms with Crippen molar-refractivity contribution in [2.45, 2.75) is 45.6 Å². The van der Waals surface area contributed by atoms with Gasteiger partial charge in [0.05, 0.1) is 5.69 Å². The van der Waals surface area contributed by atoms with Gasteiger partial charge < -0.3 is 9.80 Å². The van der Waals surface area contributed by atoms with Crippen LogP contribution < -0.4 is 4.90 Å². The molecule has 0 N–H and O–H groups in total. The molecule has 144 valence electrons. The molecule has 7 heteroatoms. The Morgan fingerprint density at radius 1 is 1.30 bits per heavy atom. The van der Waals surface area contributed by atoms with E-state index in [9.17, 15) is 9.18 Å². The second kappa shape index (κ2) is 7.92. The molecule has 2 aromatic heterocycles. The van der Waals surface area contributed by atoms with Crippen molar-refractivity contribution in [3.8, 4) is 0 Å². The molecule has 4 rings (SSSR count). The summed E-state index contributed by atoms with van der Waals surface area (Å²) in [6.07, 6.45) is 5.38. The van der Waals surface area contributed by atoms with Crippen molar-refractivity contribution in [3.05, 3.63) is 39.7 Å². The van der Waals surface area contributed by atoms with Crippen LogP contribution in [0.5, 0.6) is 0 Å². The number of hydrogen-bond donors (Lipinski definition) is 0. The third-order valence-corrected chi connectivity index (χ3v) is 6.74. The minimum absolute atomic E-state index is 0.256. The van der Waals surface area contributed by atoms with Crippen molar-refractivity contribution < 1.29 is 9.18 Å². The van der Waals surface area contributed by atoms with E-state index in [1.807, 2.05) is 16.7 Å². The third-order valence-electron chi connectivity index (χ3n) is 5.72. The van der Waals surface area contributed by atoms with Crippen molar-refractivity contribution in [1.29, 1.82) is 0 Å². The molecule has 1 amide bonds. The lowest BCUT2D eigenvalue weighted by Gasteiger charge is -2.34. The first-order chi connectivity index (χ1) is 13.2. The minimum Gasteiger partial charge on any atom is -0.354 e. The second-order valence-corrected chi connectivity index (χ2v) is 8.38. The molecular formula is C20H25FN4OS. The first kappa shape index (κ1) is 18.3. The van der Waals surface area contributed by atoms with Crippen LogP contribution in [0.25, 0.3) is 0 Å². The number of amides is 1. The largest absolute Gasteiger partial charge is 0.354 e. The van der Waals surface area contributed by atoms with Gasteiger partial charge in [-0.2, -0.15) is 0 Å². The standard InChI is InChI=1S/C20H25FN4OS/c1-2-16-19(21)20(23-13-22-16)24-7-3-14(4-8-24)11-18(26)25-9-5-17-15(12-25)6-10-27-17/h6,10,13-14H,2-5,7-9,11-12H2,1H3. The molecule has 0 unspecified atom stereocenters. The van der Waals surface area contributed by atoms with Crippen LogP contribution in [0.2, 0.25) is 0 Å². The van der Waals surface area contributed by atoms with E-state index in [4.69, 9.17) is 0 Å². The monoisotopic (exact) mass is 388 g/mol. The fourth-order valence-electron chi connectivity index (χ4n) is 4.05. The predicted octanol–water partition coefficient (Wildman–Crippen LogP) is 3.43. The van der Waals surface area contributed by atoms with Crippen LogP contribution in [0, 0.1) is 11.7 Å². The van der Waals surface area contributed by atoms with E-state index in [1.165, 1.54) is 16.8 Å². The number of rotatable bonds is 4. The number of anilines is 1. The number of nitrogens with zero attached hydrogens (tertiary/aromatic N) is 4. The number of aromatic nitrogens is 2. The first-order valence-electron chi connectivity index (χ1n) is 9.73. The fraction of sp³-hybridized carbons (Fsp3) is 0.550. The lowest BCUT2D eigenvalue weighted by atomic mass is 9.92. The van der Waals surface area contributed by atoms with Crippen LogP contribution in [0.1, 0.15) is 42.3 Å². The topological polar surface area (TPSA) is 49.3 Å². The van der Waals surface area contributed by atoms with Gasteiger partial charge in [0.15, 0.2) is 11.6 Å². The van der Waals surface area contributed by atoms with Gasteiger partial charge in [-0.15, -0.1) is 11.3 Å². The number of carbonyl (C=O) groups is 1. The zero-order chi connectivity index (χ0) is 18.8. The van der Waals surface area contributed by atoms with E-state index in [1.54, 1.807) is 11.3 Å². The predicted molar refractivity (Wildman–Crippen MR) is 104 cm³/mol. The summed E-state index contributed by atoms with van der Waals surface area (Å²) >= 11 is 1.79. The van der Waals surface area contributed by atoms with E-state index in [0.29, 0.717) is 30.3 Å². The molecule has 0 saturated carbocycles. The van der Waals surface area contributed by atoms with Crippen LogP contribution in [-0.4, -0.2) is 40.4 Å². The number of hydrogen-bond acceptors (Lipinski definition) is 5. The van der Waals surface area contributed by atoms with Crippen molar-refractivity contribution in [1.82, 2.24) is 14.9 Å². The number of fused-ring (bicyclic) bond motifs is 1. The maximum Gasteiger partial charge on any atom is 0.223 e. The Balaban J connectivity index is 1.32. The van der Waals surface area contributed by atoms with Gasteiger partial charge in [-0.1, -0.05) is 6.92 Å². The number of aryl methyl sites for hydroxylation is 1. The maximum absolute atomic E-state index is 14.5. The van der Waals surface area contributed by atoms with Gasteiger partial charge in [0.2, 0.25) is 5.91 Å². The average Bonchev–Trinajstić information content (AvgIpc) is 3.17. The van der Waals surface area contributed by atoms with Crippen LogP contribution in [0.4, 0.5) is 10.2 Å². The van der Waals surface area contributed by atoms with E-state index < -0.39 is 0 Å². The lowest BCUT2D eigenvalue weighted by Crippen LogP contribution is -2.39. The number of thiophene rings is 1. The van der Waals surface area contributed by atoms with Crippen molar-refractivity contribution in [2.24, 2.45) is 5.92 Å². The van der Waals surface area contributed by atoms with Gasteiger partial charge >= 0.3 is 0 Å². The van der Waals surface area contributed by atoms with Crippen LogP contribution >= 0.6 is 11.3 Å². The summed E-state index contributed by atoms with van der Waals surface area (Å²) in [6, 6.07) is 2.14. The Bertz CT molecular complexity index is 816. The Kier molecular flexibility index (Phi) is 5.38. The third kappa shape index (κ3) is 3.83. The summed E-state index contributed by atoms with van der Waals surface area (Å²) in [7, 11) is 0. The van der Waals surface area contributed by atoms with Crippen LogP contribution in [0.3, 0.4) is 0 Å². The zero-order valence-electron chi connectivity index (χ0n) is 15.7. The number of carbonyl (C=O) groups excluding carboxylic acids is 1. The zero-order valence-corrected chi connectivity index (χ0v) is 16.5. The van der Waals surface area contributed by atoms with Crippen molar-refractivity contribution in [2.75, 3.05) is 24.5 Å². The Labute approximate surface area is 163 Å². The minimum atomic E-state index is -0.297. The number of piperidine rings is 1. The summed E-state index contributed by atoms with van der Waals surface area (Å²) in [5, 5.41) is 2.12. The molecule has 2 aliphatic heterocycles. The highest BCUT2D eigenvalue weighted by Crippen LogP contribution is 2.29. The molecule has 2 aliphatic rings. The molecule has 2 aromatic rings. The summed E-state index contributed by atoms with van der Waals surface area (Å²) in [6.45, 7) is 4.96. The van der Waals surface area contributed by atoms with Gasteiger partial charge in [0, 0.05) is 37.5 Å². The van der Waals surface area contributed by atoms with E-state index in [0.717, 1.165) is 45.4 Å². The highest BCUT2D eigenvalue weighted by atomic mass is 32.1. The smallest absolute Gasteiger partial charge is 0.223 e. The Hall–Kier alpha value is -2.02. The summed E-state index contributed by atoms with van der Waals surface area (Å²) in [5.74, 6) is 0.738. The summed E-state index contributed by atoms with van der Waals surface area (Å²) < 4.78 is 14.5. The molecule has 27 heavy (non-hydrogen) atoms. The molecule has 0 radical (unpaired) electrons. The first-order valence-corrected chi connectivity index (χ1v) is 10.6. The fourth-order valence-corrected chi connectivity index (χ4v) is 4.94. The average molecular weight is 389 g/mol. The van der Waals surface area contributed by atoms with Crippen LogP contribution in [-0.2, 0) is 24.2 Å². The molecule has 1 fully saturated rings. The molecule has 0 atom stereocenters. The van der Waals surface area contributed by atoms with Gasteiger partial charge in [0.1, 0.15) is 6.33 Å². The van der Waals surface area contributed by atoms with Crippen LogP contribution in [0.15, 0.2) is 17.8 Å². The number of halogens is 1. The highest BCUT2D eigenvalue weighted by Gasteiger charge is 2.28. The molecule has 0 aromatic carbocycles. The SMILES string of the molecule is CCc1ncnc(N2CCC(CC(=O)N3CCc4sccc4C3)CC2)c1F. The van der Waals surface area contributed by atoms with E-state index in [-0.39, 0.29) is 11.7 Å². The van der Waals surface area contributed by atoms with Crippen molar-refractivity contribution >= 4 is 23.1 Å².